The van der Waals surface area contributed by atoms with Crippen molar-refractivity contribution in [3.05, 3.63) is 60.8 Å². The van der Waals surface area contributed by atoms with E-state index in [9.17, 15) is 4.79 Å². The summed E-state index contributed by atoms with van der Waals surface area (Å²) in [7, 11) is 0. The second-order valence-corrected chi connectivity index (χ2v) is 6.59. The summed E-state index contributed by atoms with van der Waals surface area (Å²) in [5, 5.41) is 3.94. The third-order valence-electron chi connectivity index (χ3n) is 5.04. The summed E-state index contributed by atoms with van der Waals surface area (Å²) in [4.78, 5) is 26.2. The van der Waals surface area contributed by atoms with Crippen LogP contribution in [0.1, 0.15) is 29.6 Å². The summed E-state index contributed by atoms with van der Waals surface area (Å²) in [6, 6.07) is 9.90. The Morgan fingerprint density at radius 3 is 2.73 bits per heavy atom. The summed E-state index contributed by atoms with van der Waals surface area (Å²) in [5.41, 5.74) is 3.89. The van der Waals surface area contributed by atoms with Gasteiger partial charge in [-0.2, -0.15) is 0 Å². The largest absolute Gasteiger partial charge is 0.349 e. The van der Waals surface area contributed by atoms with Crippen molar-refractivity contribution in [3.8, 4) is 11.3 Å². The van der Waals surface area contributed by atoms with Gasteiger partial charge in [-0.25, -0.2) is 9.97 Å². The first kappa shape index (κ1) is 15.0. The Labute approximate surface area is 149 Å². The molecule has 0 bridgehead atoms. The number of fused-ring (bicyclic) bond motifs is 3. The molecule has 0 aromatic carbocycles. The van der Waals surface area contributed by atoms with E-state index in [1.165, 1.54) is 6.42 Å². The number of carbonyl (C=O) groups is 1. The number of hydrogen-bond donors (Lipinski definition) is 1. The Morgan fingerprint density at radius 1 is 1.12 bits per heavy atom. The molecule has 6 heteroatoms. The Hall–Kier alpha value is -3.28. The number of aromatic nitrogens is 4. The second kappa shape index (κ2) is 5.91. The van der Waals surface area contributed by atoms with E-state index in [1.54, 1.807) is 18.7 Å². The fraction of sp³-hybridized carbons (Fsp3) is 0.200. The van der Waals surface area contributed by atoms with Crippen LogP contribution in [0.2, 0.25) is 0 Å². The highest BCUT2D eigenvalue weighted by atomic mass is 16.1. The van der Waals surface area contributed by atoms with E-state index >= 15 is 0 Å². The van der Waals surface area contributed by atoms with E-state index < -0.39 is 0 Å². The zero-order valence-electron chi connectivity index (χ0n) is 14.1. The van der Waals surface area contributed by atoms with Crippen LogP contribution in [-0.4, -0.2) is 31.3 Å². The van der Waals surface area contributed by atoms with Gasteiger partial charge in [0.1, 0.15) is 12.0 Å². The number of pyridine rings is 2. The Balaban J connectivity index is 1.81. The van der Waals surface area contributed by atoms with E-state index in [0.29, 0.717) is 5.56 Å². The normalized spacial score (nSPS) is 14.5. The van der Waals surface area contributed by atoms with Gasteiger partial charge in [-0.05, 0) is 43.5 Å². The Morgan fingerprint density at radius 2 is 1.96 bits per heavy atom. The Bertz CT molecular complexity index is 1120. The third kappa shape index (κ3) is 2.26. The minimum atomic E-state index is -0.0569. The molecule has 6 nitrogen and oxygen atoms in total. The van der Waals surface area contributed by atoms with E-state index in [1.807, 2.05) is 40.9 Å². The first-order valence-corrected chi connectivity index (χ1v) is 8.78. The lowest BCUT2D eigenvalue weighted by Gasteiger charge is -2.26. The first-order chi connectivity index (χ1) is 12.8. The minimum absolute atomic E-state index is 0.0569. The molecule has 128 valence electrons. The van der Waals surface area contributed by atoms with Crippen molar-refractivity contribution >= 4 is 22.5 Å². The van der Waals surface area contributed by atoms with Gasteiger partial charge in [0.25, 0.3) is 5.91 Å². The molecule has 0 radical (unpaired) electrons. The molecule has 0 unspecified atom stereocenters. The molecule has 4 heterocycles. The summed E-state index contributed by atoms with van der Waals surface area (Å²) in [5.74, 6) is -0.0569. The van der Waals surface area contributed by atoms with Crippen LogP contribution in [0.5, 0.6) is 0 Å². The first-order valence-electron chi connectivity index (χ1n) is 8.78. The van der Waals surface area contributed by atoms with Gasteiger partial charge >= 0.3 is 0 Å². The van der Waals surface area contributed by atoms with Crippen molar-refractivity contribution in [1.82, 2.24) is 24.7 Å². The number of amides is 1. The fourth-order valence-electron chi connectivity index (χ4n) is 3.52. The van der Waals surface area contributed by atoms with Crippen LogP contribution < -0.4 is 5.32 Å². The summed E-state index contributed by atoms with van der Waals surface area (Å²) in [6.45, 7) is 0. The molecule has 1 amide bonds. The number of nitrogens with one attached hydrogen (secondary N) is 1. The van der Waals surface area contributed by atoms with Crippen molar-refractivity contribution in [2.24, 2.45) is 0 Å². The highest BCUT2D eigenvalue weighted by molar-refractivity contribution is 6.16. The smallest absolute Gasteiger partial charge is 0.254 e. The lowest BCUT2D eigenvalue weighted by atomic mass is 9.93. The van der Waals surface area contributed by atoms with Gasteiger partial charge in [-0.15, -0.1) is 0 Å². The standard InChI is InChI=1S/C20H17N5O/c26-20(24-14-4-3-5-14)16-15-6-1-2-11-25(15)19-17(16)18(22-12-23-19)13-7-9-21-10-8-13/h1-2,6-12,14H,3-5H2,(H,24,26). The van der Waals surface area contributed by atoms with E-state index in [4.69, 9.17) is 0 Å². The monoisotopic (exact) mass is 343 g/mol. The number of rotatable bonds is 3. The van der Waals surface area contributed by atoms with Gasteiger partial charge < -0.3 is 9.72 Å². The Kier molecular flexibility index (Phi) is 3.41. The van der Waals surface area contributed by atoms with E-state index in [2.05, 4.69) is 20.3 Å². The maximum absolute atomic E-state index is 13.1. The third-order valence-corrected chi connectivity index (χ3v) is 5.04. The molecule has 26 heavy (non-hydrogen) atoms. The van der Waals surface area contributed by atoms with E-state index in [0.717, 1.165) is 40.6 Å². The molecule has 4 aromatic rings. The molecule has 1 N–H and O–H groups in total. The topological polar surface area (TPSA) is 72.2 Å². The average Bonchev–Trinajstić information content (AvgIpc) is 3.00. The quantitative estimate of drug-likeness (QED) is 0.620. The van der Waals surface area contributed by atoms with Crippen molar-refractivity contribution in [1.29, 1.82) is 0 Å². The molecule has 1 aliphatic rings. The van der Waals surface area contributed by atoms with Crippen LogP contribution in [0, 0.1) is 0 Å². The predicted molar refractivity (Wildman–Crippen MR) is 98.8 cm³/mol. The molecule has 4 aromatic heterocycles. The van der Waals surface area contributed by atoms with E-state index in [-0.39, 0.29) is 11.9 Å². The van der Waals surface area contributed by atoms with Crippen molar-refractivity contribution < 1.29 is 4.79 Å². The maximum Gasteiger partial charge on any atom is 0.254 e. The highest BCUT2D eigenvalue weighted by Gasteiger charge is 2.26. The molecular weight excluding hydrogens is 326 g/mol. The fourth-order valence-corrected chi connectivity index (χ4v) is 3.52. The second-order valence-electron chi connectivity index (χ2n) is 6.59. The number of nitrogens with zero attached hydrogens (tertiary/aromatic N) is 4. The predicted octanol–water partition coefficient (Wildman–Crippen LogP) is 3.23. The lowest BCUT2D eigenvalue weighted by molar-refractivity contribution is 0.0920. The molecule has 5 rings (SSSR count). The number of carbonyl (C=O) groups excluding carboxylic acids is 1. The summed E-state index contributed by atoms with van der Waals surface area (Å²) >= 11 is 0. The van der Waals surface area contributed by atoms with Crippen molar-refractivity contribution in [3.63, 3.8) is 0 Å². The maximum atomic E-state index is 13.1. The van der Waals surface area contributed by atoms with Gasteiger partial charge in [0, 0.05) is 30.2 Å². The molecule has 0 saturated heterocycles. The van der Waals surface area contributed by atoms with Crippen LogP contribution >= 0.6 is 0 Å². The van der Waals surface area contributed by atoms with Gasteiger partial charge in [-0.1, -0.05) is 6.07 Å². The molecule has 1 aliphatic carbocycles. The molecular formula is C20H17N5O. The van der Waals surface area contributed by atoms with Gasteiger partial charge in [0.15, 0.2) is 0 Å². The summed E-state index contributed by atoms with van der Waals surface area (Å²) < 4.78 is 1.96. The summed E-state index contributed by atoms with van der Waals surface area (Å²) in [6.07, 6.45) is 10.2. The van der Waals surface area contributed by atoms with Crippen LogP contribution in [0.4, 0.5) is 0 Å². The van der Waals surface area contributed by atoms with Gasteiger partial charge in [0.2, 0.25) is 0 Å². The lowest BCUT2D eigenvalue weighted by Crippen LogP contribution is -2.39. The van der Waals surface area contributed by atoms with Crippen LogP contribution in [0.3, 0.4) is 0 Å². The van der Waals surface area contributed by atoms with Crippen LogP contribution in [-0.2, 0) is 0 Å². The van der Waals surface area contributed by atoms with Crippen LogP contribution in [0.15, 0.2) is 55.2 Å². The SMILES string of the molecule is O=C(NC1CCC1)c1c2c(-c3ccncc3)ncnc2n2ccccc12. The average molecular weight is 343 g/mol. The van der Waals surface area contributed by atoms with Crippen molar-refractivity contribution in [2.75, 3.05) is 0 Å². The highest BCUT2D eigenvalue weighted by Crippen LogP contribution is 2.33. The zero-order valence-corrected chi connectivity index (χ0v) is 14.1. The van der Waals surface area contributed by atoms with Crippen LogP contribution in [0.25, 0.3) is 27.8 Å². The van der Waals surface area contributed by atoms with Gasteiger partial charge in [0.05, 0.1) is 22.2 Å². The molecule has 0 atom stereocenters. The molecule has 1 fully saturated rings. The zero-order chi connectivity index (χ0) is 17.5. The molecule has 1 saturated carbocycles. The molecule has 0 aliphatic heterocycles. The number of hydrogen-bond acceptors (Lipinski definition) is 4. The van der Waals surface area contributed by atoms with Crippen molar-refractivity contribution in [2.45, 2.75) is 25.3 Å². The molecule has 0 spiro atoms. The van der Waals surface area contributed by atoms with Gasteiger partial charge in [-0.3, -0.25) is 9.78 Å². The minimum Gasteiger partial charge on any atom is -0.349 e.